The number of nitrogens with zero attached hydrogens (tertiary/aromatic N) is 3. The Kier molecular flexibility index (Phi) is 10.9. The van der Waals surface area contributed by atoms with Crippen molar-refractivity contribution in [3.63, 3.8) is 0 Å². The van der Waals surface area contributed by atoms with E-state index in [9.17, 15) is 0 Å². The molecule has 1 aromatic carbocycles. The molecule has 2 rings (SSSR count). The van der Waals surface area contributed by atoms with Gasteiger partial charge in [-0.3, -0.25) is 4.99 Å². The van der Waals surface area contributed by atoms with Crippen molar-refractivity contribution in [1.29, 1.82) is 0 Å². The Balaban J connectivity index is 1.84. The Morgan fingerprint density at radius 1 is 1.21 bits per heavy atom. The summed E-state index contributed by atoms with van der Waals surface area (Å²) in [5.41, 5.74) is 2.62. The summed E-state index contributed by atoms with van der Waals surface area (Å²) in [6.07, 6.45) is 3.45. The lowest BCUT2D eigenvalue weighted by atomic mass is 10.1. The highest BCUT2D eigenvalue weighted by molar-refractivity contribution is 5.80. The van der Waals surface area contributed by atoms with Crippen LogP contribution in [0.5, 0.6) is 0 Å². The number of ether oxygens (including phenoxy) is 2. The van der Waals surface area contributed by atoms with Crippen molar-refractivity contribution in [3.05, 3.63) is 29.8 Å². The van der Waals surface area contributed by atoms with E-state index < -0.39 is 0 Å². The van der Waals surface area contributed by atoms with Gasteiger partial charge in [-0.2, -0.15) is 0 Å². The first-order chi connectivity index (χ1) is 14.2. The maximum Gasteiger partial charge on any atom is 0.193 e. The van der Waals surface area contributed by atoms with E-state index in [1.165, 1.54) is 11.3 Å². The second-order valence-electron chi connectivity index (χ2n) is 7.51. The highest BCUT2D eigenvalue weighted by atomic mass is 16.5. The van der Waals surface area contributed by atoms with Crippen molar-refractivity contribution in [2.45, 2.75) is 46.1 Å². The van der Waals surface area contributed by atoms with Gasteiger partial charge in [0.2, 0.25) is 0 Å². The van der Waals surface area contributed by atoms with Gasteiger partial charge in [0.05, 0.1) is 12.6 Å². The Morgan fingerprint density at radius 3 is 2.62 bits per heavy atom. The number of hydrogen-bond donors (Lipinski definition) is 1. The lowest BCUT2D eigenvalue weighted by Crippen LogP contribution is -2.47. The summed E-state index contributed by atoms with van der Waals surface area (Å²) >= 11 is 0. The summed E-state index contributed by atoms with van der Waals surface area (Å²) < 4.78 is 11.1. The number of hydrogen-bond acceptors (Lipinski definition) is 4. The molecule has 1 aromatic rings. The zero-order valence-electron chi connectivity index (χ0n) is 18.8. The lowest BCUT2D eigenvalue weighted by molar-refractivity contribution is 0.00991. The number of para-hydroxylation sites is 1. The fourth-order valence-corrected chi connectivity index (χ4v) is 3.76. The van der Waals surface area contributed by atoms with Crippen LogP contribution in [0.1, 0.15) is 38.7 Å². The molecule has 1 heterocycles. The highest BCUT2D eigenvalue weighted by Gasteiger charge is 2.21. The monoisotopic (exact) mass is 404 g/mol. The van der Waals surface area contributed by atoms with Crippen molar-refractivity contribution >= 4 is 11.6 Å². The van der Waals surface area contributed by atoms with E-state index in [0.717, 1.165) is 77.7 Å². The van der Waals surface area contributed by atoms with Crippen LogP contribution < -0.4 is 10.2 Å². The standard InChI is InChI=1S/C23H40N4O2/c1-5-24-23(27-15-12-21(13-16-27)29-19-9-18-28-4)25-14-17-26(6-2)22-11-8-7-10-20(22)3/h7-8,10-11,21H,5-6,9,12-19H2,1-4H3,(H,24,25). The fraction of sp³-hybridized carbons (Fsp3) is 0.696. The van der Waals surface area contributed by atoms with Crippen LogP contribution in [0, 0.1) is 6.92 Å². The SMILES string of the molecule is CCNC(=NCCN(CC)c1ccccc1C)N1CCC(OCCCOC)CC1. The molecule has 1 N–H and O–H groups in total. The zero-order valence-corrected chi connectivity index (χ0v) is 18.8. The van der Waals surface area contributed by atoms with Crippen molar-refractivity contribution < 1.29 is 9.47 Å². The molecule has 0 unspecified atom stereocenters. The Bertz CT molecular complexity index is 600. The number of methoxy groups -OCH3 is 1. The number of aryl methyl sites for hydroxylation is 1. The van der Waals surface area contributed by atoms with E-state index in [-0.39, 0.29) is 0 Å². The normalized spacial score (nSPS) is 15.6. The van der Waals surface area contributed by atoms with Gasteiger partial charge in [0.25, 0.3) is 0 Å². The quantitative estimate of drug-likeness (QED) is 0.348. The molecule has 1 saturated heterocycles. The molecule has 0 aliphatic carbocycles. The van der Waals surface area contributed by atoms with Crippen molar-refractivity contribution in [3.8, 4) is 0 Å². The van der Waals surface area contributed by atoms with Gasteiger partial charge in [-0.25, -0.2) is 0 Å². The number of nitrogens with one attached hydrogen (secondary N) is 1. The molecule has 0 saturated carbocycles. The van der Waals surface area contributed by atoms with Crippen molar-refractivity contribution in [2.24, 2.45) is 4.99 Å². The lowest BCUT2D eigenvalue weighted by Gasteiger charge is -2.34. The van der Waals surface area contributed by atoms with Gasteiger partial charge in [-0.15, -0.1) is 0 Å². The molecule has 1 aliphatic rings. The molecule has 0 radical (unpaired) electrons. The van der Waals surface area contributed by atoms with Gasteiger partial charge >= 0.3 is 0 Å². The minimum absolute atomic E-state index is 0.364. The summed E-state index contributed by atoms with van der Waals surface area (Å²) in [6.45, 7) is 13.7. The van der Waals surface area contributed by atoms with Crippen LogP contribution in [-0.4, -0.2) is 76.6 Å². The molecular weight excluding hydrogens is 364 g/mol. The van der Waals surface area contributed by atoms with E-state index in [1.807, 2.05) is 0 Å². The van der Waals surface area contributed by atoms with Crippen LogP contribution >= 0.6 is 0 Å². The first kappa shape index (κ1) is 23.5. The minimum Gasteiger partial charge on any atom is -0.385 e. The summed E-state index contributed by atoms with van der Waals surface area (Å²) in [6, 6.07) is 8.58. The third kappa shape index (κ3) is 7.86. The molecular formula is C23H40N4O2. The Morgan fingerprint density at radius 2 is 1.97 bits per heavy atom. The molecule has 1 fully saturated rings. The van der Waals surface area contributed by atoms with E-state index in [1.54, 1.807) is 7.11 Å². The molecule has 6 nitrogen and oxygen atoms in total. The number of aliphatic imine (C=N–C) groups is 1. The molecule has 29 heavy (non-hydrogen) atoms. The number of anilines is 1. The number of piperidine rings is 1. The molecule has 0 amide bonds. The summed E-state index contributed by atoms with van der Waals surface area (Å²) in [4.78, 5) is 9.71. The largest absolute Gasteiger partial charge is 0.385 e. The Labute approximate surface area is 177 Å². The van der Waals surface area contributed by atoms with E-state index in [2.05, 4.69) is 60.2 Å². The molecule has 0 atom stereocenters. The first-order valence-corrected chi connectivity index (χ1v) is 11.1. The molecule has 6 heteroatoms. The van der Waals surface area contributed by atoms with Crippen LogP contribution in [0.4, 0.5) is 5.69 Å². The molecule has 0 aromatic heterocycles. The molecule has 0 bridgehead atoms. The van der Waals surface area contributed by atoms with Crippen LogP contribution in [0.15, 0.2) is 29.3 Å². The maximum absolute atomic E-state index is 5.99. The molecule has 0 spiro atoms. The molecule has 1 aliphatic heterocycles. The second-order valence-corrected chi connectivity index (χ2v) is 7.51. The average Bonchev–Trinajstić information content (AvgIpc) is 2.75. The fourth-order valence-electron chi connectivity index (χ4n) is 3.76. The number of rotatable bonds is 11. The van der Waals surface area contributed by atoms with Crippen molar-refractivity contribution in [1.82, 2.24) is 10.2 Å². The molecule has 164 valence electrons. The second kappa shape index (κ2) is 13.4. The van der Waals surface area contributed by atoms with Gasteiger partial charge < -0.3 is 24.6 Å². The number of benzene rings is 1. The number of likely N-dealkylation sites (N-methyl/N-ethyl adjacent to an activating group) is 1. The smallest absolute Gasteiger partial charge is 0.193 e. The predicted octanol–water partition coefficient (Wildman–Crippen LogP) is 3.30. The van der Waals surface area contributed by atoms with Gasteiger partial charge in [0, 0.05) is 58.7 Å². The average molecular weight is 405 g/mol. The number of guanidine groups is 1. The van der Waals surface area contributed by atoms with E-state index >= 15 is 0 Å². The van der Waals surface area contributed by atoms with Crippen LogP contribution in [0.25, 0.3) is 0 Å². The predicted molar refractivity (Wildman–Crippen MR) is 122 cm³/mol. The zero-order chi connectivity index (χ0) is 20.9. The van der Waals surface area contributed by atoms with Gasteiger partial charge in [0.15, 0.2) is 5.96 Å². The third-order valence-corrected chi connectivity index (χ3v) is 5.39. The van der Waals surface area contributed by atoms with Crippen LogP contribution in [-0.2, 0) is 9.47 Å². The number of likely N-dealkylation sites (tertiary alicyclic amines) is 1. The third-order valence-electron chi connectivity index (χ3n) is 5.39. The summed E-state index contributed by atoms with van der Waals surface area (Å²) in [7, 11) is 1.74. The first-order valence-electron chi connectivity index (χ1n) is 11.1. The van der Waals surface area contributed by atoms with Crippen molar-refractivity contribution in [2.75, 3.05) is 64.5 Å². The van der Waals surface area contributed by atoms with Crippen LogP contribution in [0.3, 0.4) is 0 Å². The highest BCUT2D eigenvalue weighted by Crippen LogP contribution is 2.19. The van der Waals surface area contributed by atoms with Crippen LogP contribution in [0.2, 0.25) is 0 Å². The van der Waals surface area contributed by atoms with Gasteiger partial charge in [0.1, 0.15) is 0 Å². The Hall–Kier alpha value is -1.79. The topological polar surface area (TPSA) is 49.3 Å². The minimum atomic E-state index is 0.364. The van der Waals surface area contributed by atoms with Gasteiger partial charge in [-0.05, 0) is 51.7 Å². The summed E-state index contributed by atoms with van der Waals surface area (Å²) in [5, 5.41) is 3.47. The summed E-state index contributed by atoms with van der Waals surface area (Å²) in [5.74, 6) is 1.03. The maximum atomic E-state index is 5.99. The van der Waals surface area contributed by atoms with Gasteiger partial charge in [-0.1, -0.05) is 18.2 Å². The van der Waals surface area contributed by atoms with E-state index in [4.69, 9.17) is 14.5 Å². The van der Waals surface area contributed by atoms with E-state index in [0.29, 0.717) is 6.10 Å².